The lowest BCUT2D eigenvalue weighted by molar-refractivity contribution is 0.152. The molecule has 1 aromatic heterocycles. The average molecular weight is 272 g/mol. The first-order valence-corrected chi connectivity index (χ1v) is 5.73. The summed E-state index contributed by atoms with van der Waals surface area (Å²) in [5.74, 6) is -2.25. The summed E-state index contributed by atoms with van der Waals surface area (Å²) >= 11 is 0. The zero-order chi connectivity index (χ0) is 14.2. The lowest BCUT2D eigenvalue weighted by Crippen LogP contribution is -2.01. The highest BCUT2D eigenvalue weighted by Crippen LogP contribution is 2.32. The maximum absolute atomic E-state index is 13.7. The average Bonchev–Trinajstić information content (AvgIpc) is 2.77. The first kappa shape index (κ1) is 13.6. The van der Waals surface area contributed by atoms with Gasteiger partial charge in [-0.1, -0.05) is 6.07 Å². The molecule has 0 aliphatic rings. The Morgan fingerprint density at radius 3 is 2.42 bits per heavy atom. The van der Waals surface area contributed by atoms with Crippen molar-refractivity contribution in [1.29, 1.82) is 0 Å². The standard InChI is InChI=1S/C13H12F4N2/c1-7(2)19-6-9(13(16)17)12(18-19)8-4-3-5-10(14)11(8)15/h3-7,13H,1-2H3. The van der Waals surface area contributed by atoms with Crippen molar-refractivity contribution in [2.75, 3.05) is 0 Å². The van der Waals surface area contributed by atoms with Crippen LogP contribution in [-0.2, 0) is 0 Å². The van der Waals surface area contributed by atoms with Crippen LogP contribution in [0.5, 0.6) is 0 Å². The number of halogens is 4. The molecule has 0 radical (unpaired) electrons. The molecule has 0 unspecified atom stereocenters. The molecule has 0 saturated heterocycles. The summed E-state index contributed by atoms with van der Waals surface area (Å²) < 4.78 is 54.0. The zero-order valence-corrected chi connectivity index (χ0v) is 10.4. The number of hydrogen-bond acceptors (Lipinski definition) is 1. The summed E-state index contributed by atoms with van der Waals surface area (Å²) in [5.41, 5.74) is -0.881. The molecular formula is C13H12F4N2. The maximum atomic E-state index is 13.7. The van der Waals surface area contributed by atoms with Crippen molar-refractivity contribution >= 4 is 0 Å². The van der Waals surface area contributed by atoms with E-state index in [1.54, 1.807) is 13.8 Å². The van der Waals surface area contributed by atoms with E-state index in [9.17, 15) is 17.6 Å². The van der Waals surface area contributed by atoms with Crippen molar-refractivity contribution in [3.63, 3.8) is 0 Å². The van der Waals surface area contributed by atoms with Crippen molar-refractivity contribution < 1.29 is 17.6 Å². The molecule has 102 valence electrons. The molecule has 2 rings (SSSR count). The Hall–Kier alpha value is -1.85. The van der Waals surface area contributed by atoms with Crippen LogP contribution in [0.4, 0.5) is 17.6 Å². The monoisotopic (exact) mass is 272 g/mol. The smallest absolute Gasteiger partial charge is 0.267 e. The molecular weight excluding hydrogens is 260 g/mol. The van der Waals surface area contributed by atoms with Gasteiger partial charge < -0.3 is 0 Å². The van der Waals surface area contributed by atoms with Gasteiger partial charge in [0.2, 0.25) is 0 Å². The minimum Gasteiger partial charge on any atom is -0.269 e. The van der Waals surface area contributed by atoms with Gasteiger partial charge in [0.25, 0.3) is 6.43 Å². The number of aromatic nitrogens is 2. The Kier molecular flexibility index (Phi) is 3.59. The number of nitrogens with zero attached hydrogens (tertiary/aromatic N) is 2. The van der Waals surface area contributed by atoms with Gasteiger partial charge in [-0.3, -0.25) is 4.68 Å². The molecule has 0 fully saturated rings. The highest BCUT2D eigenvalue weighted by molar-refractivity contribution is 5.63. The van der Waals surface area contributed by atoms with Crippen LogP contribution in [0.15, 0.2) is 24.4 Å². The fourth-order valence-electron chi connectivity index (χ4n) is 1.73. The largest absolute Gasteiger partial charge is 0.269 e. The Balaban J connectivity index is 2.63. The Morgan fingerprint density at radius 2 is 1.84 bits per heavy atom. The van der Waals surface area contributed by atoms with Crippen molar-refractivity contribution in [2.24, 2.45) is 0 Å². The molecule has 6 heteroatoms. The normalized spacial score (nSPS) is 11.6. The van der Waals surface area contributed by atoms with Gasteiger partial charge in [-0.05, 0) is 26.0 Å². The summed E-state index contributed by atoms with van der Waals surface area (Å²) in [5, 5.41) is 3.93. The van der Waals surface area contributed by atoms with E-state index in [0.717, 1.165) is 12.3 Å². The van der Waals surface area contributed by atoms with Crippen molar-refractivity contribution in [3.05, 3.63) is 41.6 Å². The summed E-state index contributed by atoms with van der Waals surface area (Å²) in [6.07, 6.45) is -1.64. The highest BCUT2D eigenvalue weighted by atomic mass is 19.3. The third-order valence-electron chi connectivity index (χ3n) is 2.73. The Labute approximate surface area is 107 Å². The van der Waals surface area contributed by atoms with E-state index in [1.165, 1.54) is 16.8 Å². The molecule has 1 aromatic carbocycles. The van der Waals surface area contributed by atoms with Crippen LogP contribution in [0.2, 0.25) is 0 Å². The predicted molar refractivity (Wildman–Crippen MR) is 62.9 cm³/mol. The lowest BCUT2D eigenvalue weighted by atomic mass is 10.1. The fraction of sp³-hybridized carbons (Fsp3) is 0.308. The third kappa shape index (κ3) is 2.47. The second kappa shape index (κ2) is 5.03. The Bertz CT molecular complexity index is 590. The Morgan fingerprint density at radius 1 is 1.16 bits per heavy atom. The molecule has 19 heavy (non-hydrogen) atoms. The molecule has 1 heterocycles. The van der Waals surface area contributed by atoms with Gasteiger partial charge in [-0.25, -0.2) is 17.6 Å². The molecule has 0 atom stereocenters. The summed E-state index contributed by atoms with van der Waals surface area (Å²) in [6, 6.07) is 3.28. The van der Waals surface area contributed by atoms with Crippen molar-refractivity contribution in [1.82, 2.24) is 9.78 Å². The SMILES string of the molecule is CC(C)n1cc(C(F)F)c(-c2cccc(F)c2F)n1. The molecule has 0 N–H and O–H groups in total. The maximum Gasteiger partial charge on any atom is 0.267 e. The number of alkyl halides is 2. The third-order valence-corrected chi connectivity index (χ3v) is 2.73. The zero-order valence-electron chi connectivity index (χ0n) is 10.4. The van der Waals surface area contributed by atoms with Crippen LogP contribution in [-0.4, -0.2) is 9.78 Å². The van der Waals surface area contributed by atoms with Crippen LogP contribution >= 0.6 is 0 Å². The molecule has 2 nitrogen and oxygen atoms in total. The van der Waals surface area contributed by atoms with Crippen LogP contribution in [0.3, 0.4) is 0 Å². The number of rotatable bonds is 3. The predicted octanol–water partition coefficient (Wildman–Crippen LogP) is 4.35. The summed E-state index contributed by atoms with van der Waals surface area (Å²) in [7, 11) is 0. The molecule has 0 saturated carbocycles. The van der Waals surface area contributed by atoms with E-state index < -0.39 is 23.6 Å². The van der Waals surface area contributed by atoms with Gasteiger partial charge in [0.05, 0.1) is 5.56 Å². The highest BCUT2D eigenvalue weighted by Gasteiger charge is 2.23. The van der Waals surface area contributed by atoms with Gasteiger partial charge in [0.15, 0.2) is 11.6 Å². The van der Waals surface area contributed by atoms with Gasteiger partial charge in [-0.2, -0.15) is 5.10 Å². The van der Waals surface area contributed by atoms with E-state index in [0.29, 0.717) is 0 Å². The topological polar surface area (TPSA) is 17.8 Å². The van der Waals surface area contributed by atoms with E-state index in [4.69, 9.17) is 0 Å². The molecule has 0 aliphatic carbocycles. The van der Waals surface area contributed by atoms with E-state index >= 15 is 0 Å². The minimum absolute atomic E-state index is 0.150. The van der Waals surface area contributed by atoms with E-state index in [1.807, 2.05) is 0 Å². The molecule has 2 aromatic rings. The van der Waals surface area contributed by atoms with Gasteiger partial charge in [-0.15, -0.1) is 0 Å². The molecule has 0 aliphatic heterocycles. The molecule has 0 amide bonds. The van der Waals surface area contributed by atoms with Gasteiger partial charge in [0.1, 0.15) is 5.69 Å². The van der Waals surface area contributed by atoms with Gasteiger partial charge in [0, 0.05) is 17.8 Å². The van der Waals surface area contributed by atoms with Crippen molar-refractivity contribution in [2.45, 2.75) is 26.3 Å². The van der Waals surface area contributed by atoms with Crippen LogP contribution < -0.4 is 0 Å². The molecule has 0 spiro atoms. The lowest BCUT2D eigenvalue weighted by Gasteiger charge is -2.04. The number of benzene rings is 1. The molecule has 0 bridgehead atoms. The number of hydrogen-bond donors (Lipinski definition) is 0. The minimum atomic E-state index is -2.80. The van der Waals surface area contributed by atoms with E-state index in [-0.39, 0.29) is 17.3 Å². The second-order valence-electron chi connectivity index (χ2n) is 4.41. The summed E-state index contributed by atoms with van der Waals surface area (Å²) in [4.78, 5) is 0. The summed E-state index contributed by atoms with van der Waals surface area (Å²) in [6.45, 7) is 3.52. The second-order valence-corrected chi connectivity index (χ2v) is 4.41. The van der Waals surface area contributed by atoms with Crippen LogP contribution in [0.1, 0.15) is 31.9 Å². The van der Waals surface area contributed by atoms with Gasteiger partial charge >= 0.3 is 0 Å². The van der Waals surface area contributed by atoms with Crippen LogP contribution in [0.25, 0.3) is 11.3 Å². The van der Waals surface area contributed by atoms with Crippen LogP contribution in [0, 0.1) is 11.6 Å². The fourth-order valence-corrected chi connectivity index (χ4v) is 1.73. The van der Waals surface area contributed by atoms with Crippen molar-refractivity contribution in [3.8, 4) is 11.3 Å². The first-order chi connectivity index (χ1) is 8.91. The first-order valence-electron chi connectivity index (χ1n) is 5.73. The van der Waals surface area contributed by atoms with E-state index in [2.05, 4.69) is 5.10 Å². The quantitative estimate of drug-likeness (QED) is 0.760.